The van der Waals surface area contributed by atoms with Crippen LogP contribution in [0, 0.1) is 10.1 Å². The molecule has 14 heteroatoms. The van der Waals surface area contributed by atoms with Gasteiger partial charge in [0.2, 0.25) is 11.7 Å². The van der Waals surface area contributed by atoms with Crippen LogP contribution in [-0.2, 0) is 23.7 Å². The lowest BCUT2D eigenvalue weighted by Crippen LogP contribution is -2.26. The number of benzene rings is 1. The molecule has 1 heterocycles. The maximum Gasteiger partial charge on any atom is 0.416 e. The Balaban J connectivity index is 2.23. The molecule has 0 unspecified atom stereocenters. The smallest absolute Gasteiger partial charge is 0.366 e. The van der Waals surface area contributed by atoms with Crippen molar-refractivity contribution >= 4 is 23.2 Å². The number of hydrogen-bond acceptors (Lipinski definition) is 6. The molecule has 0 saturated heterocycles. The zero-order chi connectivity index (χ0) is 24.1. The first-order valence-corrected chi connectivity index (χ1v) is 8.93. The lowest BCUT2D eigenvalue weighted by Gasteiger charge is -2.15. The van der Waals surface area contributed by atoms with Crippen molar-refractivity contribution in [1.29, 1.82) is 0 Å². The summed E-state index contributed by atoms with van der Waals surface area (Å²) in [6.07, 6.45) is -9.96. The highest BCUT2D eigenvalue weighted by Gasteiger charge is 2.36. The van der Waals surface area contributed by atoms with Gasteiger partial charge in [0.25, 0.3) is 0 Å². The topological polar surface area (TPSA) is 109 Å². The summed E-state index contributed by atoms with van der Waals surface area (Å²) in [6.45, 7) is 1.04. The number of pyridine rings is 1. The van der Waals surface area contributed by atoms with Crippen LogP contribution in [0.3, 0.4) is 0 Å². The standard InChI is InChI=1S/C18H17F6N5O3/c1-10(30)25-4-5-26-16-14(29(31)32)2-3-15(28-16)27-9-11-6-12(17(19,20)21)8-13(7-11)18(22,23)24/h2-3,6-8H,4-5,9H2,1H3,(H,25,30)(H2,26,27,28). The summed E-state index contributed by atoms with van der Waals surface area (Å²) in [5.74, 6) is -0.530. The first-order chi connectivity index (χ1) is 14.8. The molecule has 0 radical (unpaired) electrons. The van der Waals surface area contributed by atoms with Gasteiger partial charge >= 0.3 is 18.0 Å². The van der Waals surface area contributed by atoms with E-state index in [1.165, 1.54) is 6.92 Å². The van der Waals surface area contributed by atoms with E-state index in [-0.39, 0.29) is 42.3 Å². The van der Waals surface area contributed by atoms with Crippen molar-refractivity contribution in [1.82, 2.24) is 10.3 Å². The summed E-state index contributed by atoms with van der Waals surface area (Å²) in [7, 11) is 0. The van der Waals surface area contributed by atoms with Crippen LogP contribution in [0.1, 0.15) is 23.6 Å². The third-order valence-electron chi connectivity index (χ3n) is 3.98. The molecule has 1 amide bonds. The van der Waals surface area contributed by atoms with E-state index in [4.69, 9.17) is 0 Å². The number of carbonyl (C=O) groups is 1. The molecule has 0 bridgehead atoms. The number of aromatic nitrogens is 1. The van der Waals surface area contributed by atoms with E-state index in [9.17, 15) is 41.3 Å². The Labute approximate surface area is 177 Å². The molecule has 32 heavy (non-hydrogen) atoms. The van der Waals surface area contributed by atoms with Crippen molar-refractivity contribution in [3.05, 3.63) is 57.1 Å². The second-order valence-electron chi connectivity index (χ2n) is 6.50. The molecule has 0 aliphatic carbocycles. The highest BCUT2D eigenvalue weighted by atomic mass is 19.4. The van der Waals surface area contributed by atoms with Crippen LogP contribution >= 0.6 is 0 Å². The highest BCUT2D eigenvalue weighted by molar-refractivity contribution is 5.72. The fraction of sp³-hybridized carbons (Fsp3) is 0.333. The average molecular weight is 465 g/mol. The molecule has 0 aliphatic heterocycles. The van der Waals surface area contributed by atoms with E-state index in [2.05, 4.69) is 20.9 Å². The Morgan fingerprint density at radius 2 is 1.59 bits per heavy atom. The number of alkyl halides is 6. The molecule has 0 fully saturated rings. The molecular formula is C18H17F6N5O3. The van der Waals surface area contributed by atoms with E-state index >= 15 is 0 Å². The van der Waals surface area contributed by atoms with Crippen molar-refractivity contribution in [3.8, 4) is 0 Å². The fourth-order valence-electron chi connectivity index (χ4n) is 2.56. The van der Waals surface area contributed by atoms with Crippen molar-refractivity contribution in [3.63, 3.8) is 0 Å². The Kier molecular flexibility index (Phi) is 7.48. The van der Waals surface area contributed by atoms with Crippen LogP contribution < -0.4 is 16.0 Å². The molecule has 8 nitrogen and oxygen atoms in total. The van der Waals surface area contributed by atoms with E-state index < -0.39 is 40.6 Å². The third kappa shape index (κ3) is 6.99. The minimum absolute atomic E-state index is 0.0186. The van der Waals surface area contributed by atoms with Gasteiger partial charge in [0.05, 0.1) is 16.1 Å². The van der Waals surface area contributed by atoms with Gasteiger partial charge in [-0.25, -0.2) is 4.98 Å². The summed E-state index contributed by atoms with van der Waals surface area (Å²) >= 11 is 0. The number of hydrogen-bond donors (Lipinski definition) is 3. The largest absolute Gasteiger partial charge is 0.416 e. The van der Waals surface area contributed by atoms with Gasteiger partial charge in [-0.15, -0.1) is 0 Å². The zero-order valence-corrected chi connectivity index (χ0v) is 16.4. The van der Waals surface area contributed by atoms with Crippen molar-refractivity contribution in [2.75, 3.05) is 23.7 Å². The van der Waals surface area contributed by atoms with Crippen LogP contribution in [0.4, 0.5) is 43.7 Å². The number of amides is 1. The normalized spacial score (nSPS) is 11.7. The zero-order valence-electron chi connectivity index (χ0n) is 16.4. The van der Waals surface area contributed by atoms with Gasteiger partial charge in [-0.2, -0.15) is 26.3 Å². The van der Waals surface area contributed by atoms with Crippen LogP contribution in [0.15, 0.2) is 30.3 Å². The number of halogens is 6. The lowest BCUT2D eigenvalue weighted by atomic mass is 10.0. The molecule has 174 valence electrons. The number of rotatable bonds is 8. The average Bonchev–Trinajstić information content (AvgIpc) is 2.68. The molecule has 0 spiro atoms. The van der Waals surface area contributed by atoms with Gasteiger partial charge < -0.3 is 16.0 Å². The molecule has 0 saturated carbocycles. The van der Waals surface area contributed by atoms with Crippen LogP contribution in [0.2, 0.25) is 0 Å². The molecule has 0 aliphatic rings. The van der Waals surface area contributed by atoms with Gasteiger partial charge in [-0.05, 0) is 29.8 Å². The quantitative estimate of drug-likeness (QED) is 0.234. The molecule has 0 atom stereocenters. The van der Waals surface area contributed by atoms with E-state index in [1.807, 2.05) is 0 Å². The van der Waals surface area contributed by atoms with Crippen LogP contribution in [0.25, 0.3) is 0 Å². The van der Waals surface area contributed by atoms with Gasteiger partial charge in [-0.1, -0.05) is 0 Å². The molecule has 1 aromatic carbocycles. The maximum absolute atomic E-state index is 13.0. The lowest BCUT2D eigenvalue weighted by molar-refractivity contribution is -0.384. The predicted molar refractivity (Wildman–Crippen MR) is 102 cm³/mol. The molecule has 1 aromatic heterocycles. The third-order valence-corrected chi connectivity index (χ3v) is 3.98. The summed E-state index contributed by atoms with van der Waals surface area (Å²) in [4.78, 5) is 25.2. The second kappa shape index (κ2) is 9.70. The number of nitrogens with one attached hydrogen (secondary N) is 3. The number of anilines is 2. The summed E-state index contributed by atoms with van der Waals surface area (Å²) in [5, 5.41) is 18.8. The van der Waals surface area contributed by atoms with Gasteiger partial charge in [-0.3, -0.25) is 14.9 Å². The minimum atomic E-state index is -4.98. The molecule has 2 rings (SSSR count). The second-order valence-corrected chi connectivity index (χ2v) is 6.50. The predicted octanol–water partition coefficient (Wildman–Crippen LogP) is 4.19. The maximum atomic E-state index is 13.0. The summed E-state index contributed by atoms with van der Waals surface area (Å²) in [5.41, 5.74) is -3.63. The van der Waals surface area contributed by atoms with Crippen molar-refractivity contribution in [2.45, 2.75) is 25.8 Å². The Morgan fingerprint density at radius 1 is 1.00 bits per heavy atom. The Bertz CT molecular complexity index is 962. The summed E-state index contributed by atoms with van der Waals surface area (Å²) < 4.78 is 77.8. The molecular weight excluding hydrogens is 448 g/mol. The number of carbonyl (C=O) groups excluding carboxylic acids is 1. The fourth-order valence-corrected chi connectivity index (χ4v) is 2.56. The Morgan fingerprint density at radius 3 is 2.09 bits per heavy atom. The van der Waals surface area contributed by atoms with Crippen LogP contribution in [0.5, 0.6) is 0 Å². The van der Waals surface area contributed by atoms with Crippen molar-refractivity contribution < 1.29 is 36.1 Å². The van der Waals surface area contributed by atoms with Crippen LogP contribution in [-0.4, -0.2) is 28.9 Å². The van der Waals surface area contributed by atoms with E-state index in [0.717, 1.165) is 12.1 Å². The molecule has 2 aromatic rings. The summed E-state index contributed by atoms with van der Waals surface area (Å²) in [6, 6.07) is 3.39. The van der Waals surface area contributed by atoms with Crippen molar-refractivity contribution in [2.24, 2.45) is 0 Å². The first-order valence-electron chi connectivity index (χ1n) is 8.93. The van der Waals surface area contributed by atoms with Gasteiger partial charge in [0, 0.05) is 32.6 Å². The first kappa shape index (κ1) is 24.7. The minimum Gasteiger partial charge on any atom is -0.366 e. The van der Waals surface area contributed by atoms with Gasteiger partial charge in [0.15, 0.2) is 0 Å². The Hall–Kier alpha value is -3.58. The highest BCUT2D eigenvalue weighted by Crippen LogP contribution is 2.36. The molecule has 3 N–H and O–H groups in total. The van der Waals surface area contributed by atoms with E-state index in [1.54, 1.807) is 0 Å². The van der Waals surface area contributed by atoms with E-state index in [0.29, 0.717) is 12.1 Å². The number of nitro groups is 1. The van der Waals surface area contributed by atoms with Gasteiger partial charge in [0.1, 0.15) is 5.82 Å². The number of nitrogens with zero attached hydrogens (tertiary/aromatic N) is 2. The monoisotopic (exact) mass is 465 g/mol. The SMILES string of the molecule is CC(=O)NCCNc1nc(NCc2cc(C(F)(F)F)cc(C(F)(F)F)c2)ccc1[N+](=O)[O-].